The van der Waals surface area contributed by atoms with E-state index in [0.29, 0.717) is 92.2 Å². The van der Waals surface area contributed by atoms with Crippen molar-refractivity contribution < 1.29 is 206 Å². The van der Waals surface area contributed by atoms with Crippen LogP contribution in [-0.2, 0) is 68.3 Å². The zero-order chi connectivity index (χ0) is 106. The summed E-state index contributed by atoms with van der Waals surface area (Å²) in [6.07, 6.45) is 18.9. The van der Waals surface area contributed by atoms with Gasteiger partial charge in [-0.25, -0.2) is 10.2 Å². The second-order valence-electron chi connectivity index (χ2n) is 19.7. The number of aromatic nitrogens is 19. The molecule has 0 saturated heterocycles. The van der Waals surface area contributed by atoms with Gasteiger partial charge in [0.2, 0.25) is 34.9 Å². The topological polar surface area (TPSA) is 501 Å². The number of allylic oxidation sites excluding steroid dienone is 3. The van der Waals surface area contributed by atoms with Gasteiger partial charge in [-0.15, -0.1) is 66.9 Å². The number of hydrogen-bond acceptors (Lipinski definition) is 30. The van der Waals surface area contributed by atoms with E-state index in [1.165, 1.54) is 55.4 Å². The first-order valence-corrected chi connectivity index (χ1v) is 34.1. The maximum absolute atomic E-state index is 9.75. The van der Waals surface area contributed by atoms with Crippen molar-refractivity contribution in [3.05, 3.63) is 223 Å². The van der Waals surface area contributed by atoms with E-state index >= 15 is 0 Å². The number of amidine groups is 1. The molecule has 0 atom stereocenters. The van der Waals surface area contributed by atoms with Gasteiger partial charge in [-0.05, 0) is 90.8 Å². The van der Waals surface area contributed by atoms with Crippen LogP contribution < -0.4 is 0 Å². The fraction of sp³-hybridized carbons (Fsp3) is 0.125. The Balaban J connectivity index is -0.000000129. The Bertz CT molecular complexity index is 4480. The second kappa shape index (κ2) is 89.5. The third-order valence-electron chi connectivity index (χ3n) is 9.07. The van der Waals surface area contributed by atoms with Gasteiger partial charge in [0.1, 0.15) is 39.9 Å². The molecule has 752 valence electrons. The summed E-state index contributed by atoms with van der Waals surface area (Å²) in [6.45, 7) is 11.4. The van der Waals surface area contributed by atoms with Crippen molar-refractivity contribution in [1.29, 1.82) is 42.1 Å². The monoisotopic (exact) mass is 2190 g/mol. The van der Waals surface area contributed by atoms with E-state index in [2.05, 4.69) is 122 Å². The van der Waals surface area contributed by atoms with E-state index in [-0.39, 0.29) is 68.3 Å². The summed E-state index contributed by atoms with van der Waals surface area (Å²) in [4.78, 5) is 28.9. The number of azo groups is 1. The summed E-state index contributed by atoms with van der Waals surface area (Å²) in [6, 6.07) is 52.4. The fourth-order valence-electron chi connectivity index (χ4n) is 5.70. The average Bonchev–Trinajstić information content (AvgIpc) is 0.859. The molecule has 0 aromatic carbocycles. The molecule has 0 unspecified atom stereocenters. The fourth-order valence-corrected chi connectivity index (χ4v) is 5.70. The smallest absolute Gasteiger partial charge is 0.664 e. The van der Waals surface area contributed by atoms with Crippen LogP contribution in [0.1, 0.15) is 61.1 Å². The minimum absolute atomic E-state index is 0. The molecule has 2 aliphatic rings. The van der Waals surface area contributed by atoms with Crippen LogP contribution in [-0.4, -0.2) is 160 Å². The maximum atomic E-state index is 9.75. The first-order chi connectivity index (χ1) is 63.0. The Morgan fingerprint density at radius 3 is 0.500 bits per heavy atom. The van der Waals surface area contributed by atoms with Crippen molar-refractivity contribution in [3.8, 4) is 118 Å². The summed E-state index contributed by atoms with van der Waals surface area (Å²) < 4.78 is 312. The molecule has 0 N–H and O–H groups in total. The predicted octanol–water partition coefficient (Wildman–Crippen LogP) is 22.0. The Hall–Kier alpha value is -14.8. The third-order valence-corrected chi connectivity index (χ3v) is 9.07. The molecule has 0 fully saturated rings. The van der Waals surface area contributed by atoms with E-state index in [4.69, 9.17) is 42.1 Å². The molecule has 0 bridgehead atoms. The second-order valence-corrected chi connectivity index (χ2v) is 19.7. The average molecular weight is 2190 g/mol. The first-order valence-electron chi connectivity index (χ1n) is 34.1. The zero-order valence-corrected chi connectivity index (χ0v) is 75.3. The van der Waals surface area contributed by atoms with Crippen molar-refractivity contribution in [2.45, 2.75) is 55.4 Å². The minimum Gasteiger partial charge on any atom is -0.664 e. The van der Waals surface area contributed by atoms with Crippen LogP contribution in [0.4, 0.5) is 138 Å². The standard InChI is InChI=1S/4C12H8N6.8C2H3N.8BF4.4Fe/c4*1-3-7-13-9(5-1)11-15-17-12(18-16-11)10-6-2-4-8-14-10;8*1-2-3;8*2-1(3,4)5;;;;/h4*1-8H;8*1H3;;;;;;;;;;;;/q;;;-2;;;;;;;;;8*-1;2*+2;2*+3. The molecule has 140 heavy (non-hydrogen) atoms. The van der Waals surface area contributed by atoms with Gasteiger partial charge in [-0.3, -0.25) is 34.9 Å². The molecule has 12 rings (SSSR count). The summed E-state index contributed by atoms with van der Waals surface area (Å²) in [5, 5.41) is 123. The van der Waals surface area contributed by atoms with Crippen LogP contribution in [0.15, 0.2) is 222 Å². The van der Waals surface area contributed by atoms with E-state index in [1.54, 1.807) is 147 Å². The van der Waals surface area contributed by atoms with Crippen LogP contribution >= 0.6 is 0 Å². The number of nitriles is 8. The van der Waals surface area contributed by atoms with Crippen LogP contribution in [0.2, 0.25) is 0 Å². The number of halogens is 32. The van der Waals surface area contributed by atoms with E-state index in [9.17, 15) is 138 Å². The zero-order valence-electron chi connectivity index (χ0n) is 70.9. The SMILES string of the molecule is C1=C[N-]/C(=C2/N=NC(c3ccccn3)=N[N-]2)C=C1.CC#N.CC#N.CC#N.CC#N.CC#N.CC#N.CC#N.CC#N.F[B-](F)(F)F.F[B-](F)(F)F.F[B-](F)(F)F.F[B-](F)(F)F.F[B-](F)(F)F.F[B-](F)(F)F.F[B-](F)(F)F.F[B-](F)(F)F.[Fe+2].[Fe+2].[Fe+3].[Fe+3].c1ccc(-c2nnc(-c3ccccn3)nn2)nc1.c1ccc(-c2nnc(-c3ccccn3)nn2)nc1.c1ccc(-c2nnc(-c3ccccn3)nn2)nc1. The first kappa shape index (κ1) is 151. The van der Waals surface area contributed by atoms with Crippen LogP contribution in [0.3, 0.4) is 0 Å². The minimum atomic E-state index is -6.00. The maximum Gasteiger partial charge on any atom is 3.00 e. The van der Waals surface area contributed by atoms with Gasteiger partial charge in [0.05, 0.1) is 48.6 Å². The summed E-state index contributed by atoms with van der Waals surface area (Å²) in [5.41, 5.74) is 9.15. The van der Waals surface area contributed by atoms with Crippen molar-refractivity contribution in [2.24, 2.45) is 15.3 Å². The Morgan fingerprint density at radius 1 is 0.236 bits per heavy atom. The molecule has 2 radical (unpaired) electrons. The van der Waals surface area contributed by atoms with Gasteiger partial charge in [0.25, 0.3) is 0 Å². The Morgan fingerprint density at radius 2 is 0.386 bits per heavy atom. The largest absolute Gasteiger partial charge is 3.00 e. The van der Waals surface area contributed by atoms with Crippen molar-refractivity contribution in [1.82, 2.24) is 96.1 Å². The molecule has 10 aromatic heterocycles. The van der Waals surface area contributed by atoms with Crippen LogP contribution in [0, 0.1) is 90.6 Å². The molecule has 0 spiro atoms. The van der Waals surface area contributed by atoms with E-state index in [0.717, 1.165) is 0 Å². The molecule has 32 nitrogen and oxygen atoms in total. The number of pyridine rings is 7. The van der Waals surface area contributed by atoms with Gasteiger partial charge in [0, 0.05) is 98.8 Å². The molecular formula is C64H56B8F32Fe4N32. The molecule has 0 aliphatic carbocycles. The Kier molecular flexibility index (Phi) is 96.3. The number of nitrogens with zero attached hydrogens (tertiary/aromatic N) is 32. The van der Waals surface area contributed by atoms with Gasteiger partial charge >= 0.3 is 126 Å². The number of rotatable bonds is 7. The quantitative estimate of drug-likeness (QED) is 0.106. The van der Waals surface area contributed by atoms with E-state index in [1.807, 2.05) is 97.1 Å². The predicted molar refractivity (Wildman–Crippen MR) is 432 cm³/mol. The molecule has 0 amide bonds. The van der Waals surface area contributed by atoms with Gasteiger partial charge in [-0.1, -0.05) is 60.7 Å². The van der Waals surface area contributed by atoms with Crippen molar-refractivity contribution in [2.75, 3.05) is 0 Å². The molecule has 0 saturated carbocycles. The normalized spacial score (nSPS) is 10.6. The van der Waals surface area contributed by atoms with Crippen molar-refractivity contribution >= 4 is 63.9 Å². The van der Waals surface area contributed by atoms with Gasteiger partial charge in [-0.2, -0.15) is 48.3 Å². The van der Waals surface area contributed by atoms with E-state index < -0.39 is 58.0 Å². The van der Waals surface area contributed by atoms with Crippen molar-refractivity contribution in [3.63, 3.8) is 0 Å². The summed E-state index contributed by atoms with van der Waals surface area (Å²) in [5.74, 6) is 3.19. The Labute approximate surface area is 815 Å². The molecular weight excluding hydrogens is 2130 g/mol. The molecule has 2 aliphatic heterocycles. The molecule has 76 heteroatoms. The number of hydrogen-bond donors (Lipinski definition) is 0. The molecule has 12 heterocycles. The van der Waals surface area contributed by atoms with Crippen LogP contribution in [0.25, 0.3) is 79.9 Å². The van der Waals surface area contributed by atoms with Crippen LogP contribution in [0.5, 0.6) is 0 Å². The van der Waals surface area contributed by atoms with Gasteiger partial charge < -0.3 is 154 Å². The summed E-state index contributed by atoms with van der Waals surface area (Å²) >= 11 is 0. The third kappa shape index (κ3) is 125. The molecule has 10 aromatic rings. The summed E-state index contributed by atoms with van der Waals surface area (Å²) in [7, 11) is -48.0. The van der Waals surface area contributed by atoms with Gasteiger partial charge in [0.15, 0.2) is 5.84 Å².